The molecule has 1 aliphatic heterocycles. The van der Waals surface area contributed by atoms with Gasteiger partial charge in [0.2, 0.25) is 5.91 Å². The van der Waals surface area contributed by atoms with Gasteiger partial charge in [0.25, 0.3) is 0 Å². The van der Waals surface area contributed by atoms with Crippen LogP contribution in [0.25, 0.3) is 16.5 Å². The molecule has 0 radical (unpaired) electrons. The Morgan fingerprint density at radius 3 is 2.63 bits per heavy atom. The van der Waals surface area contributed by atoms with Crippen molar-refractivity contribution in [2.24, 2.45) is 11.7 Å². The van der Waals surface area contributed by atoms with Gasteiger partial charge in [-0.25, -0.2) is 0 Å². The van der Waals surface area contributed by atoms with Gasteiger partial charge in [0, 0.05) is 54.6 Å². The molecule has 4 N–H and O–H groups in total. The van der Waals surface area contributed by atoms with Crippen molar-refractivity contribution in [3.63, 3.8) is 0 Å². The third kappa shape index (κ3) is 6.79. The number of aromatic nitrogens is 1. The van der Waals surface area contributed by atoms with E-state index >= 15 is 0 Å². The van der Waals surface area contributed by atoms with Gasteiger partial charge in [-0.3, -0.25) is 4.79 Å². The van der Waals surface area contributed by atoms with Gasteiger partial charge < -0.3 is 20.9 Å². The summed E-state index contributed by atoms with van der Waals surface area (Å²) in [6.45, 7) is 5.18. The fraction of sp³-hybridized carbons (Fsp3) is 0.528. The van der Waals surface area contributed by atoms with E-state index in [2.05, 4.69) is 76.9 Å². The number of aryl methyl sites for hydroxylation is 1. The Bertz CT molecular complexity index is 1370. The summed E-state index contributed by atoms with van der Waals surface area (Å²) in [6, 6.07) is 16.4. The van der Waals surface area contributed by atoms with Crippen LogP contribution in [-0.4, -0.2) is 35.6 Å². The number of benzene rings is 2. The van der Waals surface area contributed by atoms with Crippen LogP contribution in [0, 0.1) is 12.8 Å². The molecule has 41 heavy (non-hydrogen) atoms. The number of fused-ring (bicyclic) bond motifs is 1. The molecular formula is C36H48N4O. The maximum Gasteiger partial charge on any atom is 0.221 e. The molecule has 3 aromatic rings. The molecule has 5 heteroatoms. The Hall–Kier alpha value is -2.89. The number of hydrogen-bond acceptors (Lipinski definition) is 3. The van der Waals surface area contributed by atoms with Gasteiger partial charge in [0.15, 0.2) is 0 Å². The first-order valence-electron chi connectivity index (χ1n) is 16.2. The summed E-state index contributed by atoms with van der Waals surface area (Å²) in [6.07, 6.45) is 16.9. The lowest BCUT2D eigenvalue weighted by Crippen LogP contribution is -2.40. The van der Waals surface area contributed by atoms with E-state index < -0.39 is 0 Å². The van der Waals surface area contributed by atoms with Crippen molar-refractivity contribution < 1.29 is 4.79 Å². The molecule has 3 aliphatic rings. The van der Waals surface area contributed by atoms with Gasteiger partial charge in [0.1, 0.15) is 0 Å². The molecule has 1 atom stereocenters. The molecule has 218 valence electrons. The second-order valence-electron chi connectivity index (χ2n) is 13.0. The fourth-order valence-corrected chi connectivity index (χ4v) is 7.52. The molecule has 2 fully saturated rings. The highest BCUT2D eigenvalue weighted by atomic mass is 16.1. The monoisotopic (exact) mass is 552 g/mol. The molecule has 5 nitrogen and oxygen atoms in total. The van der Waals surface area contributed by atoms with Crippen LogP contribution >= 0.6 is 0 Å². The normalized spacial score (nSPS) is 22.8. The molecule has 2 heterocycles. The first-order chi connectivity index (χ1) is 20.0. The average molecular weight is 553 g/mol. The van der Waals surface area contributed by atoms with Crippen LogP contribution in [0.15, 0.2) is 54.7 Å². The quantitative estimate of drug-likeness (QED) is 0.287. The minimum absolute atomic E-state index is 0.00751. The van der Waals surface area contributed by atoms with Gasteiger partial charge >= 0.3 is 0 Å². The molecule has 1 unspecified atom stereocenters. The fourth-order valence-electron chi connectivity index (χ4n) is 7.52. The number of rotatable bonds is 8. The molecule has 0 spiro atoms. The number of hydrogen-bond donors (Lipinski definition) is 3. The van der Waals surface area contributed by atoms with Crippen LogP contribution in [0.2, 0.25) is 0 Å². The molecule has 2 saturated carbocycles. The van der Waals surface area contributed by atoms with Crippen LogP contribution in [-0.2, 0) is 11.3 Å². The Kier molecular flexibility index (Phi) is 8.92. The highest BCUT2D eigenvalue weighted by Gasteiger charge is 2.27. The minimum Gasteiger partial charge on any atom is -0.353 e. The number of nitrogens with zero attached hydrogens (tertiary/aromatic N) is 1. The Morgan fingerprint density at radius 1 is 1.05 bits per heavy atom. The van der Waals surface area contributed by atoms with E-state index in [4.69, 9.17) is 5.73 Å². The molecule has 6 rings (SSSR count). The van der Waals surface area contributed by atoms with Gasteiger partial charge in [-0.15, -0.1) is 0 Å². The van der Waals surface area contributed by atoms with Crippen molar-refractivity contribution in [1.29, 1.82) is 0 Å². The van der Waals surface area contributed by atoms with E-state index in [1.807, 2.05) is 0 Å². The minimum atomic E-state index is 0.00751. The zero-order chi connectivity index (χ0) is 28.2. The molecule has 0 bridgehead atoms. The first-order valence-corrected chi connectivity index (χ1v) is 16.2. The van der Waals surface area contributed by atoms with Crippen molar-refractivity contribution in [2.45, 2.75) is 102 Å². The third-order valence-corrected chi connectivity index (χ3v) is 9.87. The predicted octanol–water partition coefficient (Wildman–Crippen LogP) is 6.81. The summed E-state index contributed by atoms with van der Waals surface area (Å²) in [4.78, 5) is 13.6. The van der Waals surface area contributed by atoms with Crippen molar-refractivity contribution in [3.05, 3.63) is 77.0 Å². The lowest BCUT2D eigenvalue weighted by molar-refractivity contribution is -0.122. The lowest BCUT2D eigenvalue weighted by Gasteiger charge is -2.27. The molecule has 1 aromatic heterocycles. The summed E-state index contributed by atoms with van der Waals surface area (Å²) < 4.78 is 2.52. The molecule has 1 amide bonds. The summed E-state index contributed by atoms with van der Waals surface area (Å²) in [5, 5.41) is 8.15. The van der Waals surface area contributed by atoms with Crippen LogP contribution in [0.4, 0.5) is 0 Å². The molecule has 2 aliphatic carbocycles. The maximum absolute atomic E-state index is 13.6. The highest BCUT2D eigenvalue weighted by molar-refractivity contribution is 5.90. The largest absolute Gasteiger partial charge is 0.353 e. The van der Waals surface area contributed by atoms with E-state index in [1.54, 1.807) is 0 Å². The molecular weight excluding hydrogens is 504 g/mol. The van der Waals surface area contributed by atoms with Gasteiger partial charge in [0.05, 0.1) is 0 Å². The highest BCUT2D eigenvalue weighted by Crippen LogP contribution is 2.38. The van der Waals surface area contributed by atoms with Gasteiger partial charge in [-0.05, 0) is 98.7 Å². The SMILES string of the molecule is Cc1cccc(C(CC(=O)N[C@H]2CC[C@H](N)CC2)c2cn(CC3CCCCC3)c3ccc(C4=CCNCC4)cc23)c1. The summed E-state index contributed by atoms with van der Waals surface area (Å²) in [5.41, 5.74) is 14.0. The van der Waals surface area contributed by atoms with Crippen LogP contribution in [0.1, 0.15) is 98.8 Å². The van der Waals surface area contributed by atoms with Crippen molar-refractivity contribution in [3.8, 4) is 0 Å². The van der Waals surface area contributed by atoms with Crippen molar-refractivity contribution in [1.82, 2.24) is 15.2 Å². The van der Waals surface area contributed by atoms with Crippen LogP contribution < -0.4 is 16.4 Å². The molecule has 0 saturated heterocycles. The number of nitrogens with two attached hydrogens (primary N) is 1. The Labute approximate surface area is 246 Å². The van der Waals surface area contributed by atoms with Gasteiger partial charge in [-0.1, -0.05) is 61.2 Å². The second kappa shape index (κ2) is 13.0. The second-order valence-corrected chi connectivity index (χ2v) is 13.0. The first kappa shape index (κ1) is 28.2. The van der Waals surface area contributed by atoms with Crippen LogP contribution in [0.3, 0.4) is 0 Å². The van der Waals surface area contributed by atoms with E-state index in [0.29, 0.717) is 6.42 Å². The van der Waals surface area contributed by atoms with E-state index in [0.717, 1.165) is 57.7 Å². The standard InChI is InChI=1S/C36H48N4O/c1-25-6-5-9-29(20-25)32(22-36(41)39-31-13-11-30(37)12-14-31)34-24-40(23-26-7-3-2-4-8-26)35-15-10-28(21-33(34)35)27-16-18-38-19-17-27/h5-6,9-10,15-16,20-21,24,26,30-32,38H,2-4,7-8,11-14,17-19,22-23,37H2,1H3,(H,39,41)/t30-,31-,32?. The topological polar surface area (TPSA) is 72.1 Å². The summed E-state index contributed by atoms with van der Waals surface area (Å²) >= 11 is 0. The summed E-state index contributed by atoms with van der Waals surface area (Å²) in [5.74, 6) is 0.896. The number of nitrogens with one attached hydrogen (secondary N) is 2. The summed E-state index contributed by atoms with van der Waals surface area (Å²) in [7, 11) is 0. The molecule has 2 aromatic carbocycles. The van der Waals surface area contributed by atoms with E-state index in [1.165, 1.54) is 70.8 Å². The predicted molar refractivity (Wildman–Crippen MR) is 170 cm³/mol. The van der Waals surface area contributed by atoms with Crippen LogP contribution in [0.5, 0.6) is 0 Å². The van der Waals surface area contributed by atoms with Crippen molar-refractivity contribution in [2.75, 3.05) is 13.1 Å². The third-order valence-electron chi connectivity index (χ3n) is 9.87. The number of carbonyl (C=O) groups excluding carboxylic acids is 1. The Morgan fingerprint density at radius 2 is 1.88 bits per heavy atom. The van der Waals surface area contributed by atoms with Crippen molar-refractivity contribution >= 4 is 22.4 Å². The average Bonchev–Trinajstić information content (AvgIpc) is 3.35. The smallest absolute Gasteiger partial charge is 0.221 e. The van der Waals surface area contributed by atoms with Gasteiger partial charge in [-0.2, -0.15) is 0 Å². The Balaban J connectivity index is 1.38. The van der Waals surface area contributed by atoms with E-state index in [-0.39, 0.29) is 23.9 Å². The maximum atomic E-state index is 13.6. The number of amides is 1. The lowest BCUT2D eigenvalue weighted by atomic mass is 9.86. The number of carbonyl (C=O) groups is 1. The zero-order valence-electron chi connectivity index (χ0n) is 24.8. The van der Waals surface area contributed by atoms with E-state index in [9.17, 15) is 4.79 Å². The zero-order valence-corrected chi connectivity index (χ0v) is 24.8.